The minimum atomic E-state index is -1.26. The molecule has 0 bridgehead atoms. The van der Waals surface area contributed by atoms with E-state index in [0.29, 0.717) is 18.0 Å². The van der Waals surface area contributed by atoms with Crippen LogP contribution >= 0.6 is 0 Å². The number of hydrogen-bond acceptors (Lipinski definition) is 4. The number of benzene rings is 1. The van der Waals surface area contributed by atoms with Crippen LogP contribution in [0.3, 0.4) is 0 Å². The van der Waals surface area contributed by atoms with Crippen LogP contribution < -0.4 is 5.73 Å². The molecule has 1 aliphatic carbocycles. The lowest BCUT2D eigenvalue weighted by atomic mass is 10.1. The molecule has 0 spiro atoms. The number of nitrogens with two attached hydrogens (primary N) is 1. The van der Waals surface area contributed by atoms with Gasteiger partial charge in [0.05, 0.1) is 6.04 Å². The number of aromatic nitrogens is 2. The molecule has 1 fully saturated rings. The summed E-state index contributed by atoms with van der Waals surface area (Å²) in [7, 11) is 0. The summed E-state index contributed by atoms with van der Waals surface area (Å²) >= 11 is 0. The van der Waals surface area contributed by atoms with E-state index in [2.05, 4.69) is 10.1 Å². The minimum absolute atomic E-state index is 0.0619. The van der Waals surface area contributed by atoms with Crippen LogP contribution in [0.2, 0.25) is 0 Å². The molecular formula is C12H10F3N3O. The summed E-state index contributed by atoms with van der Waals surface area (Å²) in [4.78, 5) is 4.06. The van der Waals surface area contributed by atoms with E-state index in [0.717, 1.165) is 12.8 Å². The molecule has 0 aliphatic heterocycles. The van der Waals surface area contributed by atoms with E-state index in [4.69, 9.17) is 10.3 Å². The molecule has 1 heterocycles. The van der Waals surface area contributed by atoms with Crippen LogP contribution in [0.25, 0.3) is 0 Å². The predicted molar refractivity (Wildman–Crippen MR) is 58.6 cm³/mol. The molecule has 1 saturated carbocycles. The van der Waals surface area contributed by atoms with Crippen LogP contribution in [0.4, 0.5) is 13.2 Å². The van der Waals surface area contributed by atoms with Crippen molar-refractivity contribution in [1.82, 2.24) is 10.1 Å². The molecule has 0 radical (unpaired) electrons. The van der Waals surface area contributed by atoms with Crippen LogP contribution in [0.5, 0.6) is 0 Å². The quantitative estimate of drug-likeness (QED) is 0.869. The molecule has 2 aromatic rings. The Labute approximate surface area is 106 Å². The van der Waals surface area contributed by atoms with Crippen LogP contribution in [0.15, 0.2) is 16.7 Å². The van der Waals surface area contributed by atoms with Crippen molar-refractivity contribution in [2.45, 2.75) is 24.8 Å². The highest BCUT2D eigenvalue weighted by Gasteiger charge is 2.31. The molecule has 1 unspecified atom stereocenters. The molecule has 100 valence electrons. The highest BCUT2D eigenvalue weighted by molar-refractivity contribution is 5.27. The van der Waals surface area contributed by atoms with Gasteiger partial charge in [-0.05, 0) is 18.9 Å². The number of halogens is 3. The molecule has 7 heteroatoms. The van der Waals surface area contributed by atoms with E-state index < -0.39 is 23.5 Å². The molecule has 1 aromatic heterocycles. The molecule has 1 aliphatic rings. The zero-order chi connectivity index (χ0) is 13.6. The van der Waals surface area contributed by atoms with E-state index >= 15 is 0 Å². The Bertz CT molecular complexity index is 625. The summed E-state index contributed by atoms with van der Waals surface area (Å²) in [6.07, 6.45) is 1.94. The average Bonchev–Trinajstić information content (AvgIpc) is 3.11. The Hall–Kier alpha value is -1.89. The van der Waals surface area contributed by atoms with Gasteiger partial charge in [-0.15, -0.1) is 0 Å². The van der Waals surface area contributed by atoms with Gasteiger partial charge in [0, 0.05) is 17.5 Å². The Balaban J connectivity index is 1.93. The standard InChI is InChI=1S/C12H10F3N3O/c13-7-4-9(15)8(14)3-6(7)10(16)11-17-12(19-18-11)5-1-2-5/h3-5,10H,1-2,16H2. The van der Waals surface area contributed by atoms with Gasteiger partial charge in [-0.25, -0.2) is 13.2 Å². The number of nitrogens with zero attached hydrogens (tertiary/aromatic N) is 2. The average molecular weight is 269 g/mol. The summed E-state index contributed by atoms with van der Waals surface area (Å²) in [5.74, 6) is -2.62. The smallest absolute Gasteiger partial charge is 0.229 e. The normalized spacial score (nSPS) is 16.6. The van der Waals surface area contributed by atoms with Crippen molar-refractivity contribution in [3.63, 3.8) is 0 Å². The van der Waals surface area contributed by atoms with E-state index in [1.807, 2.05) is 0 Å². The molecule has 1 atom stereocenters. The second-order valence-corrected chi connectivity index (χ2v) is 4.53. The molecule has 4 nitrogen and oxygen atoms in total. The van der Waals surface area contributed by atoms with Crippen LogP contribution in [-0.2, 0) is 0 Å². The highest BCUT2D eigenvalue weighted by atomic mass is 19.2. The van der Waals surface area contributed by atoms with E-state index in [9.17, 15) is 13.2 Å². The molecule has 0 saturated heterocycles. The summed E-state index contributed by atoms with van der Waals surface area (Å²) in [6.45, 7) is 0. The summed E-state index contributed by atoms with van der Waals surface area (Å²) in [6, 6.07) is 0.0703. The predicted octanol–water partition coefficient (Wildman–Crippen LogP) is 2.41. The first kappa shape index (κ1) is 12.2. The van der Waals surface area contributed by atoms with Gasteiger partial charge in [-0.2, -0.15) is 4.98 Å². The molecule has 1 aromatic carbocycles. The third-order valence-electron chi connectivity index (χ3n) is 3.04. The maximum absolute atomic E-state index is 13.6. The lowest BCUT2D eigenvalue weighted by molar-refractivity contribution is 0.372. The second-order valence-electron chi connectivity index (χ2n) is 4.53. The Kier molecular flexibility index (Phi) is 2.78. The van der Waals surface area contributed by atoms with Gasteiger partial charge in [-0.1, -0.05) is 5.16 Å². The summed E-state index contributed by atoms with van der Waals surface area (Å²) in [5, 5.41) is 3.65. The van der Waals surface area contributed by atoms with Gasteiger partial charge in [0.2, 0.25) is 5.89 Å². The van der Waals surface area contributed by atoms with Gasteiger partial charge in [-0.3, -0.25) is 0 Å². The largest absolute Gasteiger partial charge is 0.339 e. The topological polar surface area (TPSA) is 64.9 Å². The zero-order valence-corrected chi connectivity index (χ0v) is 9.74. The van der Waals surface area contributed by atoms with Crippen molar-refractivity contribution in [2.75, 3.05) is 0 Å². The zero-order valence-electron chi connectivity index (χ0n) is 9.74. The van der Waals surface area contributed by atoms with Crippen LogP contribution in [0, 0.1) is 17.5 Å². The lowest BCUT2D eigenvalue weighted by Crippen LogP contribution is -2.16. The van der Waals surface area contributed by atoms with E-state index in [1.54, 1.807) is 0 Å². The molecule has 3 rings (SSSR count). The summed E-state index contributed by atoms with van der Waals surface area (Å²) < 4.78 is 44.5. The molecular weight excluding hydrogens is 259 g/mol. The first-order chi connectivity index (χ1) is 9.06. The highest BCUT2D eigenvalue weighted by Crippen LogP contribution is 2.39. The molecule has 0 amide bonds. The van der Waals surface area contributed by atoms with Crippen molar-refractivity contribution in [3.8, 4) is 0 Å². The molecule has 2 N–H and O–H groups in total. The van der Waals surface area contributed by atoms with Gasteiger partial charge < -0.3 is 10.3 Å². The van der Waals surface area contributed by atoms with Crippen molar-refractivity contribution >= 4 is 0 Å². The van der Waals surface area contributed by atoms with E-state index in [-0.39, 0.29) is 17.3 Å². The SMILES string of the molecule is NC(c1noc(C2CC2)n1)c1cc(F)c(F)cc1F. The van der Waals surface area contributed by atoms with Gasteiger partial charge >= 0.3 is 0 Å². The van der Waals surface area contributed by atoms with Crippen LogP contribution in [-0.4, -0.2) is 10.1 Å². The Morgan fingerprint density at radius 3 is 2.53 bits per heavy atom. The fraction of sp³-hybridized carbons (Fsp3) is 0.333. The van der Waals surface area contributed by atoms with E-state index in [1.165, 1.54) is 0 Å². The van der Waals surface area contributed by atoms with Gasteiger partial charge in [0.25, 0.3) is 0 Å². The Morgan fingerprint density at radius 2 is 1.84 bits per heavy atom. The first-order valence-corrected chi connectivity index (χ1v) is 5.80. The van der Waals surface area contributed by atoms with Gasteiger partial charge in [0.1, 0.15) is 5.82 Å². The monoisotopic (exact) mass is 269 g/mol. The lowest BCUT2D eigenvalue weighted by Gasteiger charge is -2.09. The van der Waals surface area contributed by atoms with Crippen molar-refractivity contribution in [3.05, 3.63) is 46.9 Å². The van der Waals surface area contributed by atoms with Gasteiger partial charge in [0.15, 0.2) is 17.5 Å². The maximum atomic E-state index is 13.6. The molecule has 19 heavy (non-hydrogen) atoms. The minimum Gasteiger partial charge on any atom is -0.339 e. The van der Waals surface area contributed by atoms with Crippen molar-refractivity contribution in [1.29, 1.82) is 0 Å². The third-order valence-corrected chi connectivity index (χ3v) is 3.04. The first-order valence-electron chi connectivity index (χ1n) is 5.80. The maximum Gasteiger partial charge on any atom is 0.229 e. The summed E-state index contributed by atoms with van der Waals surface area (Å²) in [5.41, 5.74) is 5.55. The number of rotatable bonds is 3. The fourth-order valence-corrected chi connectivity index (χ4v) is 1.79. The Morgan fingerprint density at radius 1 is 1.16 bits per heavy atom. The second kappa shape index (κ2) is 4.34. The number of hydrogen-bond donors (Lipinski definition) is 1. The fourth-order valence-electron chi connectivity index (χ4n) is 1.79. The third kappa shape index (κ3) is 2.21. The van der Waals surface area contributed by atoms with Crippen molar-refractivity contribution in [2.24, 2.45) is 5.73 Å². The van der Waals surface area contributed by atoms with Crippen LogP contribution in [0.1, 0.15) is 42.1 Å². The van der Waals surface area contributed by atoms with Crippen molar-refractivity contribution < 1.29 is 17.7 Å².